The van der Waals surface area contributed by atoms with Crippen molar-refractivity contribution in [1.82, 2.24) is 10.2 Å². The van der Waals surface area contributed by atoms with Gasteiger partial charge in [-0.15, -0.1) is 0 Å². The quantitative estimate of drug-likeness (QED) is 0.805. The molecule has 3 heteroatoms. The monoisotopic (exact) mass is 280 g/mol. The van der Waals surface area contributed by atoms with Crippen molar-refractivity contribution in [3.8, 4) is 0 Å². The summed E-state index contributed by atoms with van der Waals surface area (Å²) in [6.45, 7) is 16.8. The maximum atomic E-state index is 6.05. The zero-order valence-corrected chi connectivity index (χ0v) is 14.0. The fourth-order valence-electron chi connectivity index (χ4n) is 3.39. The highest BCUT2D eigenvalue weighted by Crippen LogP contribution is 2.36. The summed E-state index contributed by atoms with van der Waals surface area (Å²) in [6, 6.07) is 0. The smallest absolute Gasteiger partial charge is 0.0711 e. The Labute approximate surface area is 124 Å². The van der Waals surface area contributed by atoms with Crippen molar-refractivity contribution in [2.24, 2.45) is 5.41 Å². The van der Waals surface area contributed by atoms with E-state index in [1.807, 2.05) is 0 Å². The fourth-order valence-corrected chi connectivity index (χ4v) is 3.39. The van der Waals surface area contributed by atoms with Crippen molar-refractivity contribution >= 4 is 0 Å². The van der Waals surface area contributed by atoms with Crippen LogP contribution < -0.4 is 5.32 Å². The minimum atomic E-state index is 0.250. The van der Waals surface area contributed by atoms with Gasteiger partial charge in [-0.1, -0.05) is 25.5 Å². The lowest BCUT2D eigenvalue weighted by Crippen LogP contribution is -2.52. The summed E-state index contributed by atoms with van der Waals surface area (Å²) in [5.74, 6) is 0. The fraction of sp³-hybridized carbons (Fsp3) is 0.882. The maximum absolute atomic E-state index is 6.05. The minimum Gasteiger partial charge on any atom is -0.376 e. The molecule has 1 saturated heterocycles. The van der Waals surface area contributed by atoms with Crippen LogP contribution in [0, 0.1) is 5.41 Å². The molecule has 0 aromatic heterocycles. The van der Waals surface area contributed by atoms with Crippen LogP contribution in [0.15, 0.2) is 11.6 Å². The summed E-state index contributed by atoms with van der Waals surface area (Å²) in [6.07, 6.45) is 5.07. The Morgan fingerprint density at radius 2 is 2.05 bits per heavy atom. The van der Waals surface area contributed by atoms with Gasteiger partial charge >= 0.3 is 0 Å². The maximum Gasteiger partial charge on any atom is 0.0711 e. The van der Waals surface area contributed by atoms with E-state index in [0.29, 0.717) is 6.10 Å². The summed E-state index contributed by atoms with van der Waals surface area (Å²) in [4.78, 5) is 2.56. The largest absolute Gasteiger partial charge is 0.376 e. The van der Waals surface area contributed by atoms with Gasteiger partial charge in [0.1, 0.15) is 0 Å². The van der Waals surface area contributed by atoms with Crippen LogP contribution in [0.1, 0.15) is 47.5 Å². The molecular formula is C17H32N2O. The molecule has 1 fully saturated rings. The Morgan fingerprint density at radius 3 is 2.65 bits per heavy atom. The van der Waals surface area contributed by atoms with Gasteiger partial charge in [0, 0.05) is 25.2 Å². The third-order valence-electron chi connectivity index (χ3n) is 4.76. The number of nitrogens with zero attached hydrogens (tertiary/aromatic N) is 1. The molecule has 0 saturated carbocycles. The molecule has 1 unspecified atom stereocenters. The first kappa shape index (κ1) is 16.0. The number of rotatable bonds is 3. The summed E-state index contributed by atoms with van der Waals surface area (Å²) in [5.41, 5.74) is 2.11. The second-order valence-electron chi connectivity index (χ2n) is 7.88. The minimum absolute atomic E-state index is 0.250. The van der Waals surface area contributed by atoms with E-state index in [0.717, 1.165) is 39.2 Å². The van der Waals surface area contributed by atoms with Crippen LogP contribution in [-0.2, 0) is 4.74 Å². The molecule has 1 atom stereocenters. The Balaban J connectivity index is 1.96. The van der Waals surface area contributed by atoms with Gasteiger partial charge in [-0.05, 0) is 45.6 Å². The molecule has 2 aliphatic heterocycles. The van der Waals surface area contributed by atoms with Gasteiger partial charge in [0.15, 0.2) is 0 Å². The van der Waals surface area contributed by atoms with E-state index in [1.165, 1.54) is 6.42 Å². The van der Waals surface area contributed by atoms with Crippen molar-refractivity contribution in [3.05, 3.63) is 11.6 Å². The zero-order valence-electron chi connectivity index (χ0n) is 14.0. The first-order chi connectivity index (χ1) is 9.29. The Hall–Kier alpha value is -0.380. The van der Waals surface area contributed by atoms with E-state index in [2.05, 4.69) is 50.9 Å². The topological polar surface area (TPSA) is 24.5 Å². The molecule has 0 amide bonds. The van der Waals surface area contributed by atoms with Crippen LogP contribution in [0.25, 0.3) is 0 Å². The molecule has 0 aromatic rings. The highest BCUT2D eigenvalue weighted by atomic mass is 16.5. The molecule has 20 heavy (non-hydrogen) atoms. The molecule has 2 aliphatic rings. The van der Waals surface area contributed by atoms with Gasteiger partial charge in [-0.25, -0.2) is 0 Å². The summed E-state index contributed by atoms with van der Waals surface area (Å²) in [7, 11) is 0. The van der Waals surface area contributed by atoms with E-state index in [9.17, 15) is 0 Å². The molecule has 0 aromatic carbocycles. The predicted molar refractivity (Wildman–Crippen MR) is 85.0 cm³/mol. The summed E-state index contributed by atoms with van der Waals surface area (Å²) < 4.78 is 6.05. The zero-order chi connectivity index (χ0) is 14.8. The van der Waals surface area contributed by atoms with Crippen molar-refractivity contribution in [2.45, 2.75) is 59.1 Å². The standard InChI is InChI=1S/C17H32N2O/c1-16(2,3)19-10-11-20-15(13-19)12-17(4,5)14-6-8-18-9-7-14/h6,15,18H,7-13H2,1-5H3. The molecular weight excluding hydrogens is 248 g/mol. The second kappa shape index (κ2) is 6.17. The second-order valence-corrected chi connectivity index (χ2v) is 7.88. The van der Waals surface area contributed by atoms with E-state index in [4.69, 9.17) is 4.74 Å². The van der Waals surface area contributed by atoms with Gasteiger partial charge in [-0.2, -0.15) is 0 Å². The average molecular weight is 280 g/mol. The average Bonchev–Trinajstić information content (AvgIpc) is 2.38. The van der Waals surface area contributed by atoms with Crippen molar-refractivity contribution in [1.29, 1.82) is 0 Å². The highest BCUT2D eigenvalue weighted by Gasteiger charge is 2.33. The number of hydrogen-bond donors (Lipinski definition) is 1. The van der Waals surface area contributed by atoms with Crippen molar-refractivity contribution in [2.75, 3.05) is 32.8 Å². The normalized spacial score (nSPS) is 26.4. The number of ether oxygens (including phenoxy) is 1. The number of nitrogens with one attached hydrogen (secondary N) is 1. The number of hydrogen-bond acceptors (Lipinski definition) is 3. The van der Waals surface area contributed by atoms with E-state index in [-0.39, 0.29) is 11.0 Å². The van der Waals surface area contributed by atoms with E-state index < -0.39 is 0 Å². The van der Waals surface area contributed by atoms with Crippen LogP contribution in [0.4, 0.5) is 0 Å². The molecule has 2 heterocycles. The lowest BCUT2D eigenvalue weighted by molar-refractivity contribution is -0.0702. The summed E-state index contributed by atoms with van der Waals surface area (Å²) >= 11 is 0. The van der Waals surface area contributed by atoms with E-state index in [1.54, 1.807) is 5.57 Å². The Morgan fingerprint density at radius 1 is 1.30 bits per heavy atom. The van der Waals surface area contributed by atoms with Crippen LogP contribution >= 0.6 is 0 Å². The summed E-state index contributed by atoms with van der Waals surface area (Å²) in [5, 5.41) is 3.40. The third kappa shape index (κ3) is 4.06. The molecule has 0 bridgehead atoms. The van der Waals surface area contributed by atoms with Gasteiger partial charge in [0.25, 0.3) is 0 Å². The Kier molecular flexibility index (Phi) is 4.93. The van der Waals surface area contributed by atoms with Gasteiger partial charge in [0.05, 0.1) is 12.7 Å². The van der Waals surface area contributed by atoms with Crippen LogP contribution in [0.5, 0.6) is 0 Å². The molecule has 0 spiro atoms. The van der Waals surface area contributed by atoms with Gasteiger partial charge in [-0.3, -0.25) is 4.90 Å². The van der Waals surface area contributed by atoms with E-state index >= 15 is 0 Å². The molecule has 3 nitrogen and oxygen atoms in total. The molecule has 1 N–H and O–H groups in total. The van der Waals surface area contributed by atoms with Crippen LogP contribution in [0.3, 0.4) is 0 Å². The third-order valence-corrected chi connectivity index (χ3v) is 4.76. The van der Waals surface area contributed by atoms with Crippen molar-refractivity contribution < 1.29 is 4.74 Å². The number of morpholine rings is 1. The van der Waals surface area contributed by atoms with Crippen LogP contribution in [-0.4, -0.2) is 49.3 Å². The van der Waals surface area contributed by atoms with Gasteiger partial charge < -0.3 is 10.1 Å². The predicted octanol–water partition coefficient (Wildman–Crippen LogP) is 2.82. The highest BCUT2D eigenvalue weighted by molar-refractivity contribution is 5.16. The lowest BCUT2D eigenvalue weighted by atomic mass is 9.76. The van der Waals surface area contributed by atoms with Gasteiger partial charge in [0.2, 0.25) is 0 Å². The lowest BCUT2D eigenvalue weighted by Gasteiger charge is -2.44. The first-order valence-electron chi connectivity index (χ1n) is 8.06. The molecule has 0 aliphatic carbocycles. The molecule has 116 valence electrons. The Bertz CT molecular complexity index is 354. The van der Waals surface area contributed by atoms with Crippen molar-refractivity contribution in [3.63, 3.8) is 0 Å². The SMILES string of the molecule is CC(C)(CC1CN(C(C)(C)C)CCO1)C1=CCNCC1. The van der Waals surface area contributed by atoms with Crippen LogP contribution in [0.2, 0.25) is 0 Å². The first-order valence-corrected chi connectivity index (χ1v) is 8.06. The molecule has 0 radical (unpaired) electrons. The molecule has 2 rings (SSSR count).